The van der Waals surface area contributed by atoms with Crippen molar-refractivity contribution in [3.63, 3.8) is 0 Å². The van der Waals surface area contributed by atoms with Gasteiger partial charge in [0.25, 0.3) is 0 Å². The maximum atomic E-state index is 11.9. The molecule has 0 unspecified atom stereocenters. The number of nitro groups is 1. The molecular formula is C18H28N2O5. The molecule has 2 N–H and O–H groups in total. The van der Waals surface area contributed by atoms with E-state index in [0.29, 0.717) is 12.2 Å². The Hall–Kier alpha value is -2.15. The molecule has 1 atom stereocenters. The van der Waals surface area contributed by atoms with Gasteiger partial charge in [0.05, 0.1) is 18.6 Å². The predicted molar refractivity (Wildman–Crippen MR) is 95.7 cm³/mol. The third-order valence-corrected chi connectivity index (χ3v) is 3.94. The molecule has 140 valence electrons. The minimum atomic E-state index is -0.840. The molecule has 0 amide bonds. The zero-order valence-corrected chi connectivity index (χ0v) is 15.0. The molecule has 0 aromatic heterocycles. The van der Waals surface area contributed by atoms with Crippen molar-refractivity contribution in [2.24, 2.45) is 5.73 Å². The van der Waals surface area contributed by atoms with Gasteiger partial charge in [0.15, 0.2) is 5.75 Å². The molecule has 0 heterocycles. The summed E-state index contributed by atoms with van der Waals surface area (Å²) in [5, 5.41) is 11.0. The van der Waals surface area contributed by atoms with Crippen molar-refractivity contribution in [1.82, 2.24) is 0 Å². The molecule has 0 aliphatic heterocycles. The third-order valence-electron chi connectivity index (χ3n) is 3.94. The Bertz CT molecular complexity index is 562. The Morgan fingerprint density at radius 2 is 1.92 bits per heavy atom. The number of carbonyl (C=O) groups is 1. The van der Waals surface area contributed by atoms with E-state index < -0.39 is 16.9 Å². The quantitative estimate of drug-likeness (QED) is 0.268. The lowest BCUT2D eigenvalue weighted by Crippen LogP contribution is -2.34. The van der Waals surface area contributed by atoms with Gasteiger partial charge < -0.3 is 15.2 Å². The topological polar surface area (TPSA) is 105 Å². The minimum absolute atomic E-state index is 0.146. The first kappa shape index (κ1) is 20.9. The molecule has 0 saturated carbocycles. The highest BCUT2D eigenvalue weighted by Crippen LogP contribution is 2.27. The van der Waals surface area contributed by atoms with Crippen LogP contribution in [0.4, 0.5) is 5.69 Å². The lowest BCUT2D eigenvalue weighted by molar-refractivity contribution is -0.385. The van der Waals surface area contributed by atoms with Crippen molar-refractivity contribution in [3.05, 3.63) is 33.9 Å². The molecule has 25 heavy (non-hydrogen) atoms. The number of carbonyl (C=O) groups excluding carboxylic acids is 1. The summed E-state index contributed by atoms with van der Waals surface area (Å²) in [6.45, 7) is 2.53. The van der Waals surface area contributed by atoms with Crippen LogP contribution >= 0.6 is 0 Å². The molecule has 0 bridgehead atoms. The highest BCUT2D eigenvalue weighted by Gasteiger charge is 2.19. The van der Waals surface area contributed by atoms with Crippen LogP contribution in [0.25, 0.3) is 0 Å². The number of rotatable bonds is 12. The van der Waals surface area contributed by atoms with Gasteiger partial charge in [-0.1, -0.05) is 45.1 Å². The fraction of sp³-hybridized carbons (Fsp3) is 0.611. The Kier molecular flexibility index (Phi) is 9.54. The minimum Gasteiger partial charge on any atom is -0.490 e. The average Bonchev–Trinajstić information content (AvgIpc) is 2.60. The smallest absolute Gasteiger partial charge is 0.323 e. The van der Waals surface area contributed by atoms with E-state index in [0.717, 1.165) is 19.3 Å². The summed E-state index contributed by atoms with van der Waals surface area (Å²) >= 11 is 0. The van der Waals surface area contributed by atoms with E-state index in [1.807, 2.05) is 0 Å². The molecule has 0 fully saturated rings. The lowest BCUT2D eigenvalue weighted by atomic mass is 10.1. The standard InChI is InChI=1S/C18H28N2O5/c1-3-4-5-6-7-8-11-25-18(21)15(19)12-14-9-10-17(24-2)16(13-14)20(22)23/h9-10,13,15H,3-8,11-12,19H2,1-2H3/t15-/m0/s1. The highest BCUT2D eigenvalue weighted by molar-refractivity contribution is 5.76. The van der Waals surface area contributed by atoms with E-state index in [-0.39, 0.29) is 17.9 Å². The average molecular weight is 352 g/mol. The predicted octanol–water partition coefficient (Wildman–Crippen LogP) is 3.38. The zero-order valence-electron chi connectivity index (χ0n) is 15.0. The van der Waals surface area contributed by atoms with E-state index in [4.69, 9.17) is 15.2 Å². The molecule has 1 aromatic carbocycles. The largest absolute Gasteiger partial charge is 0.490 e. The molecule has 1 aromatic rings. The van der Waals surface area contributed by atoms with Gasteiger partial charge in [0, 0.05) is 6.07 Å². The summed E-state index contributed by atoms with van der Waals surface area (Å²) in [5.41, 5.74) is 6.30. The molecule has 0 spiro atoms. The number of nitro benzene ring substituents is 1. The van der Waals surface area contributed by atoms with Crippen molar-refractivity contribution >= 4 is 11.7 Å². The zero-order chi connectivity index (χ0) is 18.7. The Morgan fingerprint density at radius 3 is 2.56 bits per heavy atom. The first-order chi connectivity index (χ1) is 12.0. The highest BCUT2D eigenvalue weighted by atomic mass is 16.6. The molecule has 7 nitrogen and oxygen atoms in total. The maximum absolute atomic E-state index is 11.9. The van der Waals surface area contributed by atoms with Crippen molar-refractivity contribution in [1.29, 1.82) is 0 Å². The molecule has 7 heteroatoms. The molecule has 0 radical (unpaired) electrons. The fourth-order valence-electron chi connectivity index (χ4n) is 2.50. The summed E-state index contributed by atoms with van der Waals surface area (Å²) in [7, 11) is 1.37. The number of hydrogen-bond acceptors (Lipinski definition) is 6. The summed E-state index contributed by atoms with van der Waals surface area (Å²) in [6.07, 6.45) is 6.84. The van der Waals surface area contributed by atoms with E-state index in [9.17, 15) is 14.9 Å². The number of nitrogens with two attached hydrogens (primary N) is 1. The van der Waals surface area contributed by atoms with Crippen molar-refractivity contribution in [3.8, 4) is 5.75 Å². The van der Waals surface area contributed by atoms with Gasteiger partial charge in [-0.05, 0) is 24.5 Å². The molecule has 0 aliphatic carbocycles. The van der Waals surface area contributed by atoms with Gasteiger partial charge in [-0.3, -0.25) is 14.9 Å². The second-order valence-electron chi connectivity index (χ2n) is 6.01. The lowest BCUT2D eigenvalue weighted by Gasteiger charge is -2.12. The number of esters is 1. The number of methoxy groups -OCH3 is 1. The summed E-state index contributed by atoms with van der Waals surface area (Å²) in [6, 6.07) is 3.70. The van der Waals surface area contributed by atoms with Crippen molar-refractivity contribution in [2.45, 2.75) is 57.9 Å². The normalized spacial score (nSPS) is 11.8. The van der Waals surface area contributed by atoms with Gasteiger partial charge in [0.2, 0.25) is 0 Å². The maximum Gasteiger partial charge on any atom is 0.323 e. The molecule has 0 aliphatic rings. The van der Waals surface area contributed by atoms with Gasteiger partial charge in [-0.2, -0.15) is 0 Å². The van der Waals surface area contributed by atoms with E-state index in [1.165, 1.54) is 38.5 Å². The molecule has 0 saturated heterocycles. The van der Waals surface area contributed by atoms with Gasteiger partial charge in [-0.25, -0.2) is 0 Å². The monoisotopic (exact) mass is 352 g/mol. The van der Waals surface area contributed by atoms with Crippen LogP contribution in [-0.4, -0.2) is 30.7 Å². The summed E-state index contributed by atoms with van der Waals surface area (Å²) < 4.78 is 10.1. The van der Waals surface area contributed by atoms with E-state index >= 15 is 0 Å². The van der Waals surface area contributed by atoms with Gasteiger partial charge in [0.1, 0.15) is 6.04 Å². The van der Waals surface area contributed by atoms with Crippen LogP contribution in [0.3, 0.4) is 0 Å². The van der Waals surface area contributed by atoms with Crippen LogP contribution in [0.2, 0.25) is 0 Å². The van der Waals surface area contributed by atoms with E-state index in [2.05, 4.69) is 6.92 Å². The molecular weight excluding hydrogens is 324 g/mol. The second-order valence-corrected chi connectivity index (χ2v) is 6.01. The van der Waals surface area contributed by atoms with Crippen LogP contribution < -0.4 is 10.5 Å². The number of hydrogen-bond donors (Lipinski definition) is 1. The summed E-state index contributed by atoms with van der Waals surface area (Å²) in [5.74, 6) is -0.306. The Balaban J connectivity index is 2.42. The van der Waals surface area contributed by atoms with Gasteiger partial charge >= 0.3 is 11.7 Å². The van der Waals surface area contributed by atoms with Crippen LogP contribution in [0, 0.1) is 10.1 Å². The Labute approximate surface area is 148 Å². The first-order valence-electron chi connectivity index (χ1n) is 8.73. The third kappa shape index (κ3) is 7.51. The Morgan fingerprint density at radius 1 is 1.24 bits per heavy atom. The molecule has 1 rings (SSSR count). The van der Waals surface area contributed by atoms with Crippen LogP contribution in [0.1, 0.15) is 51.0 Å². The number of ether oxygens (including phenoxy) is 2. The number of nitrogens with zero attached hydrogens (tertiary/aromatic N) is 1. The second kappa shape index (κ2) is 11.4. The number of benzene rings is 1. The van der Waals surface area contributed by atoms with Crippen molar-refractivity contribution in [2.75, 3.05) is 13.7 Å². The van der Waals surface area contributed by atoms with Gasteiger partial charge in [-0.15, -0.1) is 0 Å². The fourth-order valence-corrected chi connectivity index (χ4v) is 2.50. The van der Waals surface area contributed by atoms with Crippen LogP contribution in [0.5, 0.6) is 5.75 Å². The van der Waals surface area contributed by atoms with E-state index in [1.54, 1.807) is 6.07 Å². The first-order valence-corrected chi connectivity index (χ1v) is 8.73. The SMILES string of the molecule is CCCCCCCCOC(=O)[C@@H](N)Cc1ccc(OC)c([N+](=O)[O-])c1. The summed E-state index contributed by atoms with van der Waals surface area (Å²) in [4.78, 5) is 22.4. The van der Waals surface area contributed by atoms with Crippen LogP contribution in [-0.2, 0) is 16.0 Å². The van der Waals surface area contributed by atoms with Crippen LogP contribution in [0.15, 0.2) is 18.2 Å². The van der Waals surface area contributed by atoms with Crippen molar-refractivity contribution < 1.29 is 19.2 Å². The number of unbranched alkanes of at least 4 members (excludes halogenated alkanes) is 5.